The molecule has 7 heteroatoms. The van der Waals surface area contributed by atoms with E-state index in [1.807, 2.05) is 4.90 Å². The van der Waals surface area contributed by atoms with Gasteiger partial charge in [-0.15, -0.1) is 10.2 Å². The fraction of sp³-hybridized carbons (Fsp3) is 0.786. The van der Waals surface area contributed by atoms with Crippen LogP contribution in [0.25, 0.3) is 0 Å². The Hall–Kier alpha value is -0.820. The first-order chi connectivity index (χ1) is 10.2. The molecule has 0 spiro atoms. The number of likely N-dealkylation sites (tertiary alicyclic amines) is 1. The Kier molecular flexibility index (Phi) is 5.00. The van der Waals surface area contributed by atoms with Gasteiger partial charge in [-0.1, -0.05) is 23.1 Å². The zero-order valence-electron chi connectivity index (χ0n) is 12.5. The second kappa shape index (κ2) is 6.96. The monoisotopic (exact) mass is 326 g/mol. The zero-order valence-corrected chi connectivity index (χ0v) is 14.1. The van der Waals surface area contributed by atoms with E-state index < -0.39 is 0 Å². The minimum absolute atomic E-state index is 0.241. The summed E-state index contributed by atoms with van der Waals surface area (Å²) in [6.07, 6.45) is 6.00. The molecule has 21 heavy (non-hydrogen) atoms. The fourth-order valence-corrected chi connectivity index (χ4v) is 4.75. The molecule has 1 unspecified atom stereocenters. The van der Waals surface area contributed by atoms with E-state index in [4.69, 9.17) is 0 Å². The molecule has 116 valence electrons. The van der Waals surface area contributed by atoms with Crippen LogP contribution in [0.3, 0.4) is 0 Å². The number of piperidine rings is 1. The van der Waals surface area contributed by atoms with Gasteiger partial charge in [-0.05, 0) is 39.0 Å². The highest BCUT2D eigenvalue weighted by Gasteiger charge is 2.23. The Morgan fingerprint density at radius 2 is 2.00 bits per heavy atom. The maximum absolute atomic E-state index is 12.3. The number of carbonyl (C=O) groups excluding carboxylic acids is 1. The number of amides is 1. The Labute approximate surface area is 134 Å². The first kappa shape index (κ1) is 15.1. The summed E-state index contributed by atoms with van der Waals surface area (Å²) >= 11 is 3.15. The Bertz CT molecular complexity index is 487. The average molecular weight is 326 g/mol. The van der Waals surface area contributed by atoms with Crippen LogP contribution in [0.15, 0.2) is 4.34 Å². The summed E-state index contributed by atoms with van der Waals surface area (Å²) in [4.78, 5) is 16.6. The highest BCUT2D eigenvalue weighted by Crippen LogP contribution is 2.30. The molecule has 3 heterocycles. The summed E-state index contributed by atoms with van der Waals surface area (Å²) in [7, 11) is 0. The van der Waals surface area contributed by atoms with Gasteiger partial charge in [0.05, 0.1) is 5.75 Å². The Morgan fingerprint density at radius 3 is 2.76 bits per heavy atom. The van der Waals surface area contributed by atoms with Gasteiger partial charge in [0.25, 0.3) is 0 Å². The van der Waals surface area contributed by atoms with Gasteiger partial charge in [0.1, 0.15) is 0 Å². The first-order valence-corrected chi connectivity index (χ1v) is 9.55. The van der Waals surface area contributed by atoms with Crippen molar-refractivity contribution in [3.8, 4) is 0 Å². The lowest BCUT2D eigenvalue weighted by Gasteiger charge is -2.33. The third kappa shape index (κ3) is 3.69. The van der Waals surface area contributed by atoms with Crippen LogP contribution in [0.1, 0.15) is 39.0 Å². The normalized spacial score (nSPS) is 22.8. The molecule has 5 nitrogen and oxygen atoms in total. The van der Waals surface area contributed by atoms with Crippen molar-refractivity contribution < 1.29 is 4.79 Å². The van der Waals surface area contributed by atoms with Gasteiger partial charge in [0.2, 0.25) is 11.0 Å². The topological polar surface area (TPSA) is 49.3 Å². The summed E-state index contributed by atoms with van der Waals surface area (Å²) in [5, 5.41) is 9.48. The van der Waals surface area contributed by atoms with Gasteiger partial charge in [0.15, 0.2) is 4.34 Å². The second-order valence-electron chi connectivity index (χ2n) is 5.77. The molecule has 0 saturated carbocycles. The van der Waals surface area contributed by atoms with Crippen molar-refractivity contribution in [1.82, 2.24) is 15.1 Å². The molecule has 3 rings (SSSR count). The van der Waals surface area contributed by atoms with Crippen LogP contribution >= 0.6 is 23.1 Å². The van der Waals surface area contributed by atoms with Crippen molar-refractivity contribution in [2.75, 3.05) is 30.3 Å². The van der Waals surface area contributed by atoms with Crippen LogP contribution in [0.5, 0.6) is 0 Å². The Balaban J connectivity index is 1.51. The number of hydrogen-bond donors (Lipinski definition) is 0. The van der Waals surface area contributed by atoms with E-state index in [9.17, 15) is 4.79 Å². The maximum atomic E-state index is 12.3. The molecule has 0 bridgehead atoms. The number of nitrogens with zero attached hydrogens (tertiary/aromatic N) is 4. The molecule has 2 aliphatic rings. The van der Waals surface area contributed by atoms with Crippen molar-refractivity contribution >= 4 is 34.1 Å². The van der Waals surface area contributed by atoms with Crippen LogP contribution in [-0.4, -0.2) is 52.4 Å². The molecular formula is C14H22N4OS2. The van der Waals surface area contributed by atoms with Crippen molar-refractivity contribution in [1.29, 1.82) is 0 Å². The second-order valence-corrected chi connectivity index (χ2v) is 7.94. The lowest BCUT2D eigenvalue weighted by atomic mass is 10.0. The smallest absolute Gasteiger partial charge is 0.233 e. The van der Waals surface area contributed by atoms with Crippen LogP contribution in [0.4, 0.5) is 5.13 Å². The first-order valence-electron chi connectivity index (χ1n) is 7.75. The summed E-state index contributed by atoms with van der Waals surface area (Å²) in [5.74, 6) is 0.726. The minimum Gasteiger partial charge on any atom is -0.347 e. The van der Waals surface area contributed by atoms with Crippen molar-refractivity contribution in [3.05, 3.63) is 0 Å². The number of hydrogen-bond acceptors (Lipinski definition) is 6. The average Bonchev–Trinajstić information content (AvgIpc) is 3.16. The van der Waals surface area contributed by atoms with E-state index in [1.54, 1.807) is 11.3 Å². The molecule has 0 radical (unpaired) electrons. The van der Waals surface area contributed by atoms with Crippen LogP contribution in [-0.2, 0) is 4.79 Å². The van der Waals surface area contributed by atoms with E-state index >= 15 is 0 Å². The Morgan fingerprint density at radius 1 is 1.24 bits per heavy atom. The van der Waals surface area contributed by atoms with Crippen LogP contribution < -0.4 is 4.90 Å². The van der Waals surface area contributed by atoms with Gasteiger partial charge in [0, 0.05) is 25.7 Å². The molecule has 2 saturated heterocycles. The SMILES string of the molecule is CC1CCCCN1C(=O)CSc1nnc(N2CCCC2)s1. The summed E-state index contributed by atoms with van der Waals surface area (Å²) in [6.45, 7) is 5.24. The van der Waals surface area contributed by atoms with Gasteiger partial charge >= 0.3 is 0 Å². The highest BCUT2D eigenvalue weighted by atomic mass is 32.2. The zero-order chi connectivity index (χ0) is 14.7. The van der Waals surface area contributed by atoms with Crippen LogP contribution in [0, 0.1) is 0 Å². The van der Waals surface area contributed by atoms with E-state index in [-0.39, 0.29) is 5.91 Å². The summed E-state index contributed by atoms with van der Waals surface area (Å²) in [5.41, 5.74) is 0. The molecule has 0 aliphatic carbocycles. The standard InChI is InChI=1S/C14H22N4OS2/c1-11-6-2-3-9-18(11)12(19)10-20-14-16-15-13(21-14)17-7-4-5-8-17/h11H,2-10H2,1H3. The predicted molar refractivity (Wildman–Crippen MR) is 87.1 cm³/mol. The number of aromatic nitrogens is 2. The lowest BCUT2D eigenvalue weighted by molar-refractivity contribution is -0.131. The third-order valence-corrected chi connectivity index (χ3v) is 6.32. The lowest BCUT2D eigenvalue weighted by Crippen LogP contribution is -2.42. The van der Waals surface area contributed by atoms with E-state index in [1.165, 1.54) is 31.0 Å². The predicted octanol–water partition coefficient (Wildman–Crippen LogP) is 2.63. The van der Waals surface area contributed by atoms with Gasteiger partial charge in [-0.3, -0.25) is 4.79 Å². The number of carbonyl (C=O) groups is 1. The van der Waals surface area contributed by atoms with E-state index in [2.05, 4.69) is 22.0 Å². The number of anilines is 1. The minimum atomic E-state index is 0.241. The molecule has 0 N–H and O–H groups in total. The van der Waals surface area contributed by atoms with Crippen LogP contribution in [0.2, 0.25) is 0 Å². The molecule has 1 aromatic rings. The molecule has 1 aromatic heterocycles. The summed E-state index contributed by atoms with van der Waals surface area (Å²) < 4.78 is 0.912. The van der Waals surface area contributed by atoms with Gasteiger partial charge in [-0.25, -0.2) is 0 Å². The van der Waals surface area contributed by atoms with Crippen molar-refractivity contribution in [2.45, 2.75) is 49.4 Å². The van der Waals surface area contributed by atoms with E-state index in [0.717, 1.165) is 41.9 Å². The molecule has 1 amide bonds. The molecular weight excluding hydrogens is 304 g/mol. The van der Waals surface area contributed by atoms with Gasteiger partial charge < -0.3 is 9.80 Å². The summed E-state index contributed by atoms with van der Waals surface area (Å²) in [6, 6.07) is 0.390. The molecule has 2 aliphatic heterocycles. The number of rotatable bonds is 4. The van der Waals surface area contributed by atoms with Crippen molar-refractivity contribution in [2.24, 2.45) is 0 Å². The fourth-order valence-electron chi connectivity index (χ4n) is 2.97. The largest absolute Gasteiger partial charge is 0.347 e. The molecule has 0 aromatic carbocycles. The van der Waals surface area contributed by atoms with Crippen molar-refractivity contribution in [3.63, 3.8) is 0 Å². The quantitative estimate of drug-likeness (QED) is 0.796. The molecule has 2 fully saturated rings. The highest BCUT2D eigenvalue weighted by molar-refractivity contribution is 8.01. The number of thioether (sulfide) groups is 1. The third-order valence-electron chi connectivity index (χ3n) is 4.21. The van der Waals surface area contributed by atoms with Gasteiger partial charge in [-0.2, -0.15) is 0 Å². The maximum Gasteiger partial charge on any atom is 0.233 e. The van der Waals surface area contributed by atoms with E-state index in [0.29, 0.717) is 11.8 Å². The molecule has 1 atom stereocenters.